The summed E-state index contributed by atoms with van der Waals surface area (Å²) in [6.07, 6.45) is 1.96. The molecule has 0 radical (unpaired) electrons. The fraction of sp³-hybridized carbons (Fsp3) is 0.250. The van der Waals surface area contributed by atoms with Crippen LogP contribution in [0.1, 0.15) is 12.5 Å². The Morgan fingerprint density at radius 3 is 2.78 bits per heavy atom. The Bertz CT molecular complexity index is 956. The summed E-state index contributed by atoms with van der Waals surface area (Å²) in [7, 11) is 1.64. The van der Waals surface area contributed by atoms with Gasteiger partial charge in [-0.2, -0.15) is 0 Å². The van der Waals surface area contributed by atoms with E-state index < -0.39 is 6.10 Å². The number of ether oxygens (including phenoxy) is 2. The average molecular weight is 407 g/mol. The van der Waals surface area contributed by atoms with Crippen molar-refractivity contribution in [3.63, 3.8) is 0 Å². The molecule has 0 bridgehead atoms. The second-order valence-electron chi connectivity index (χ2n) is 6.10. The molecule has 1 heterocycles. The Balaban J connectivity index is 1.56. The lowest BCUT2D eigenvalue weighted by molar-refractivity contribution is -0.127. The summed E-state index contributed by atoms with van der Waals surface area (Å²) < 4.78 is 10.9. The van der Waals surface area contributed by atoms with Crippen molar-refractivity contribution < 1.29 is 14.3 Å². The average Bonchev–Trinajstić information content (AvgIpc) is 3.06. The standard InChI is InChI=1S/C20H20Cl2N2O3/c1-12(27-19-6-3-14(21)9-17(19)22)20(25)23-8-7-13-11-24-18-5-4-15(26-2)10-16(13)18/h3-6,9-12,24H,7-8H2,1-2H3,(H,23,25). The number of fused-ring (bicyclic) bond motifs is 1. The smallest absolute Gasteiger partial charge is 0.260 e. The van der Waals surface area contributed by atoms with Gasteiger partial charge in [0.25, 0.3) is 5.91 Å². The Labute approximate surface area is 167 Å². The van der Waals surface area contributed by atoms with Crippen LogP contribution < -0.4 is 14.8 Å². The molecule has 3 aromatic rings. The van der Waals surface area contributed by atoms with Crippen molar-refractivity contribution in [1.29, 1.82) is 0 Å². The highest BCUT2D eigenvalue weighted by atomic mass is 35.5. The zero-order valence-corrected chi connectivity index (χ0v) is 16.5. The molecular formula is C20H20Cl2N2O3. The van der Waals surface area contributed by atoms with E-state index in [0.29, 0.717) is 28.8 Å². The van der Waals surface area contributed by atoms with E-state index in [1.54, 1.807) is 32.2 Å². The second-order valence-corrected chi connectivity index (χ2v) is 6.94. The Hall–Kier alpha value is -2.37. The quantitative estimate of drug-likeness (QED) is 0.601. The summed E-state index contributed by atoms with van der Waals surface area (Å²) >= 11 is 11.9. The third kappa shape index (κ3) is 4.67. The third-order valence-corrected chi connectivity index (χ3v) is 4.77. The number of benzene rings is 2. The number of hydrogen-bond acceptors (Lipinski definition) is 3. The molecule has 3 rings (SSSR count). The first-order chi connectivity index (χ1) is 13.0. The van der Waals surface area contributed by atoms with Gasteiger partial charge in [0, 0.05) is 28.7 Å². The first-order valence-electron chi connectivity index (χ1n) is 8.51. The van der Waals surface area contributed by atoms with E-state index in [2.05, 4.69) is 10.3 Å². The van der Waals surface area contributed by atoms with Crippen LogP contribution in [0.15, 0.2) is 42.6 Å². The number of amides is 1. The number of halogens is 2. The number of carbonyl (C=O) groups is 1. The van der Waals surface area contributed by atoms with Gasteiger partial charge in [-0.05, 0) is 55.3 Å². The topological polar surface area (TPSA) is 63.3 Å². The molecule has 0 saturated carbocycles. The molecule has 2 N–H and O–H groups in total. The van der Waals surface area contributed by atoms with Crippen LogP contribution in [0, 0.1) is 0 Å². The minimum Gasteiger partial charge on any atom is -0.497 e. The normalized spacial score (nSPS) is 12.0. The van der Waals surface area contributed by atoms with Crippen molar-refractivity contribution in [3.8, 4) is 11.5 Å². The first-order valence-corrected chi connectivity index (χ1v) is 9.27. The van der Waals surface area contributed by atoms with E-state index in [9.17, 15) is 4.79 Å². The van der Waals surface area contributed by atoms with Gasteiger partial charge in [-0.1, -0.05) is 23.2 Å². The fourth-order valence-corrected chi connectivity index (χ4v) is 3.22. The Morgan fingerprint density at radius 2 is 2.04 bits per heavy atom. The largest absolute Gasteiger partial charge is 0.497 e. The molecule has 1 amide bonds. The minimum atomic E-state index is -0.674. The Kier molecular flexibility index (Phi) is 6.14. The van der Waals surface area contributed by atoms with Gasteiger partial charge in [0.1, 0.15) is 11.5 Å². The van der Waals surface area contributed by atoms with Crippen molar-refractivity contribution in [2.45, 2.75) is 19.4 Å². The molecule has 142 valence electrons. The summed E-state index contributed by atoms with van der Waals surface area (Å²) in [5.74, 6) is 1.01. The van der Waals surface area contributed by atoms with E-state index >= 15 is 0 Å². The molecule has 0 saturated heterocycles. The zero-order chi connectivity index (χ0) is 19.4. The molecular weight excluding hydrogens is 387 g/mol. The highest BCUT2D eigenvalue weighted by Crippen LogP contribution is 2.28. The molecule has 0 aliphatic heterocycles. The molecule has 0 aliphatic rings. The maximum absolute atomic E-state index is 12.3. The summed E-state index contributed by atoms with van der Waals surface area (Å²) in [5, 5.41) is 4.85. The maximum atomic E-state index is 12.3. The lowest BCUT2D eigenvalue weighted by Gasteiger charge is -2.15. The Morgan fingerprint density at radius 1 is 1.22 bits per heavy atom. The first kappa shape index (κ1) is 19.4. The molecule has 0 fully saturated rings. The van der Waals surface area contributed by atoms with Crippen LogP contribution in [-0.4, -0.2) is 30.6 Å². The predicted molar refractivity (Wildman–Crippen MR) is 108 cm³/mol. The van der Waals surface area contributed by atoms with E-state index in [-0.39, 0.29) is 5.91 Å². The molecule has 27 heavy (non-hydrogen) atoms. The van der Waals surface area contributed by atoms with E-state index in [1.165, 1.54) is 0 Å². The summed E-state index contributed by atoms with van der Waals surface area (Å²) in [4.78, 5) is 15.5. The van der Waals surface area contributed by atoms with Crippen molar-refractivity contribution in [2.75, 3.05) is 13.7 Å². The molecule has 0 aliphatic carbocycles. The summed E-state index contributed by atoms with van der Waals surface area (Å²) in [6, 6.07) is 10.8. The summed E-state index contributed by atoms with van der Waals surface area (Å²) in [5.41, 5.74) is 2.14. The third-order valence-electron chi connectivity index (χ3n) is 4.24. The van der Waals surface area contributed by atoms with Crippen molar-refractivity contribution in [2.24, 2.45) is 0 Å². The van der Waals surface area contributed by atoms with Crippen LogP contribution in [0.25, 0.3) is 10.9 Å². The van der Waals surface area contributed by atoms with E-state index in [1.807, 2.05) is 24.4 Å². The highest BCUT2D eigenvalue weighted by Gasteiger charge is 2.16. The number of H-pyrrole nitrogens is 1. The van der Waals surface area contributed by atoms with Gasteiger partial charge in [0.15, 0.2) is 6.10 Å². The number of hydrogen-bond donors (Lipinski definition) is 2. The van der Waals surface area contributed by atoms with Crippen LogP contribution >= 0.6 is 23.2 Å². The molecule has 1 atom stereocenters. The molecule has 1 aromatic heterocycles. The van der Waals surface area contributed by atoms with Crippen molar-refractivity contribution >= 4 is 40.0 Å². The van der Waals surface area contributed by atoms with Gasteiger partial charge in [-0.15, -0.1) is 0 Å². The van der Waals surface area contributed by atoms with E-state index in [0.717, 1.165) is 22.2 Å². The van der Waals surface area contributed by atoms with Gasteiger partial charge in [-0.25, -0.2) is 0 Å². The predicted octanol–water partition coefficient (Wildman–Crippen LogP) is 4.61. The molecule has 1 unspecified atom stereocenters. The fourth-order valence-electron chi connectivity index (χ4n) is 2.77. The number of methoxy groups -OCH3 is 1. The summed E-state index contributed by atoms with van der Waals surface area (Å²) in [6.45, 7) is 2.17. The number of nitrogens with one attached hydrogen (secondary N) is 2. The van der Waals surface area contributed by atoms with Crippen molar-refractivity contribution in [1.82, 2.24) is 10.3 Å². The van der Waals surface area contributed by atoms with Gasteiger partial charge in [0.2, 0.25) is 0 Å². The van der Waals surface area contributed by atoms with Gasteiger partial charge >= 0.3 is 0 Å². The van der Waals surface area contributed by atoms with Crippen LogP contribution in [0.5, 0.6) is 11.5 Å². The van der Waals surface area contributed by atoms with Crippen molar-refractivity contribution in [3.05, 3.63) is 58.2 Å². The van der Waals surface area contributed by atoms with Gasteiger partial charge in [0.05, 0.1) is 12.1 Å². The van der Waals surface area contributed by atoms with E-state index in [4.69, 9.17) is 32.7 Å². The van der Waals surface area contributed by atoms with Crippen LogP contribution in [-0.2, 0) is 11.2 Å². The van der Waals surface area contributed by atoms with Gasteiger partial charge in [-0.3, -0.25) is 4.79 Å². The number of carbonyl (C=O) groups excluding carboxylic acids is 1. The minimum absolute atomic E-state index is 0.210. The SMILES string of the molecule is COc1ccc2[nH]cc(CCNC(=O)C(C)Oc3ccc(Cl)cc3Cl)c2c1. The lowest BCUT2D eigenvalue weighted by atomic mass is 10.1. The molecule has 7 heteroatoms. The number of aromatic amines is 1. The molecule has 0 spiro atoms. The monoisotopic (exact) mass is 406 g/mol. The van der Waals surface area contributed by atoms with Crippen LogP contribution in [0.3, 0.4) is 0 Å². The highest BCUT2D eigenvalue weighted by molar-refractivity contribution is 6.35. The molecule has 5 nitrogen and oxygen atoms in total. The second kappa shape index (κ2) is 8.55. The van der Waals surface area contributed by atoms with Crippen LogP contribution in [0.2, 0.25) is 10.0 Å². The number of aromatic nitrogens is 1. The number of rotatable bonds is 7. The van der Waals surface area contributed by atoms with Gasteiger partial charge < -0.3 is 19.8 Å². The van der Waals surface area contributed by atoms with Crippen LogP contribution in [0.4, 0.5) is 0 Å². The zero-order valence-electron chi connectivity index (χ0n) is 15.0. The maximum Gasteiger partial charge on any atom is 0.260 e. The molecule has 2 aromatic carbocycles. The lowest BCUT2D eigenvalue weighted by Crippen LogP contribution is -2.37.